The average molecular weight is 284 g/mol. The molecule has 2 aromatic rings. The predicted octanol–water partition coefficient (Wildman–Crippen LogP) is 3.95. The highest BCUT2D eigenvalue weighted by molar-refractivity contribution is 5.50. The van der Waals surface area contributed by atoms with Crippen molar-refractivity contribution in [1.29, 1.82) is 0 Å². The summed E-state index contributed by atoms with van der Waals surface area (Å²) < 4.78 is 5.50. The van der Waals surface area contributed by atoms with Gasteiger partial charge in [-0.05, 0) is 55.6 Å². The van der Waals surface area contributed by atoms with Gasteiger partial charge in [-0.1, -0.05) is 19.1 Å². The van der Waals surface area contributed by atoms with Crippen LogP contribution in [0.4, 0.5) is 5.69 Å². The summed E-state index contributed by atoms with van der Waals surface area (Å²) in [6, 6.07) is 13.6. The molecule has 3 rings (SSSR count). The summed E-state index contributed by atoms with van der Waals surface area (Å²) in [6.45, 7) is 5.09. The molecule has 1 aromatic carbocycles. The smallest absolute Gasteiger partial charge is 0.123 e. The molecule has 0 bridgehead atoms. The van der Waals surface area contributed by atoms with Crippen LogP contribution >= 0.6 is 0 Å². The number of nitrogens with zero attached hydrogens (tertiary/aromatic N) is 1. The minimum atomic E-state index is 0.680. The van der Waals surface area contributed by atoms with Crippen LogP contribution in [0.15, 0.2) is 47.1 Å². The quantitative estimate of drug-likeness (QED) is 0.744. The summed E-state index contributed by atoms with van der Waals surface area (Å²) in [5.41, 5.74) is 2.65. The molecule has 0 aliphatic heterocycles. The molecule has 1 heterocycles. The van der Waals surface area contributed by atoms with E-state index in [0.29, 0.717) is 6.04 Å². The lowest BCUT2D eigenvalue weighted by Crippen LogP contribution is -2.24. The van der Waals surface area contributed by atoms with Gasteiger partial charge in [0, 0.05) is 18.3 Å². The fraction of sp³-hybridized carbons (Fsp3) is 0.444. The first kappa shape index (κ1) is 14.2. The number of anilines is 1. The summed E-state index contributed by atoms with van der Waals surface area (Å²) in [4.78, 5) is 2.46. The van der Waals surface area contributed by atoms with Gasteiger partial charge in [0.05, 0.1) is 12.8 Å². The van der Waals surface area contributed by atoms with E-state index in [9.17, 15) is 0 Å². The fourth-order valence-corrected chi connectivity index (χ4v) is 2.60. The summed E-state index contributed by atoms with van der Waals surface area (Å²) in [5, 5.41) is 3.44. The van der Waals surface area contributed by atoms with Crippen molar-refractivity contribution >= 4 is 5.69 Å². The van der Waals surface area contributed by atoms with E-state index >= 15 is 0 Å². The Morgan fingerprint density at radius 3 is 2.62 bits per heavy atom. The van der Waals surface area contributed by atoms with E-state index in [1.807, 2.05) is 6.07 Å². The molecular weight excluding hydrogens is 260 g/mol. The standard InChI is InChI=1S/C18H24N2O/c1-2-11-19-13-15-5-7-16(8-6-15)20(17-9-10-17)14-18-4-3-12-21-18/h3-8,12,17,19H,2,9-11,13-14H2,1H3. The van der Waals surface area contributed by atoms with Gasteiger partial charge in [0.25, 0.3) is 0 Å². The first-order valence-electron chi connectivity index (χ1n) is 7.95. The third kappa shape index (κ3) is 3.88. The summed E-state index contributed by atoms with van der Waals surface area (Å²) >= 11 is 0. The van der Waals surface area contributed by atoms with E-state index in [2.05, 4.69) is 47.5 Å². The molecule has 3 nitrogen and oxygen atoms in total. The highest BCUT2D eigenvalue weighted by Gasteiger charge is 2.29. The van der Waals surface area contributed by atoms with Crippen LogP contribution < -0.4 is 10.2 Å². The lowest BCUT2D eigenvalue weighted by Gasteiger charge is -2.24. The van der Waals surface area contributed by atoms with E-state index < -0.39 is 0 Å². The van der Waals surface area contributed by atoms with Gasteiger partial charge in [0.15, 0.2) is 0 Å². The van der Waals surface area contributed by atoms with E-state index in [-0.39, 0.29) is 0 Å². The highest BCUT2D eigenvalue weighted by atomic mass is 16.3. The van der Waals surface area contributed by atoms with Crippen LogP contribution in [-0.2, 0) is 13.1 Å². The Morgan fingerprint density at radius 2 is 2.00 bits per heavy atom. The first-order valence-corrected chi connectivity index (χ1v) is 7.95. The third-order valence-electron chi connectivity index (χ3n) is 3.92. The Bertz CT molecular complexity index is 529. The van der Waals surface area contributed by atoms with E-state index in [4.69, 9.17) is 4.42 Å². The molecule has 21 heavy (non-hydrogen) atoms. The topological polar surface area (TPSA) is 28.4 Å². The average Bonchev–Trinajstić information content (AvgIpc) is 3.23. The molecule has 112 valence electrons. The lowest BCUT2D eigenvalue weighted by atomic mass is 10.2. The maximum absolute atomic E-state index is 5.50. The van der Waals surface area contributed by atoms with Crippen molar-refractivity contribution in [2.75, 3.05) is 11.4 Å². The Morgan fingerprint density at radius 1 is 1.19 bits per heavy atom. The molecule has 3 heteroatoms. The SMILES string of the molecule is CCCNCc1ccc(N(Cc2ccco2)C2CC2)cc1. The molecule has 0 saturated heterocycles. The van der Waals surface area contributed by atoms with E-state index in [1.54, 1.807) is 6.26 Å². The third-order valence-corrected chi connectivity index (χ3v) is 3.92. The van der Waals surface area contributed by atoms with Gasteiger partial charge in [-0.15, -0.1) is 0 Å². The second-order valence-corrected chi connectivity index (χ2v) is 5.78. The molecular formula is C18H24N2O. The molecule has 1 aromatic heterocycles. The molecule has 0 unspecified atom stereocenters. The number of hydrogen-bond donors (Lipinski definition) is 1. The van der Waals surface area contributed by atoms with E-state index in [1.165, 1.54) is 30.5 Å². The zero-order chi connectivity index (χ0) is 14.5. The van der Waals surface area contributed by atoms with Gasteiger partial charge < -0.3 is 14.6 Å². The molecule has 1 saturated carbocycles. The minimum absolute atomic E-state index is 0.680. The van der Waals surface area contributed by atoms with Crippen LogP contribution in [0, 0.1) is 0 Å². The van der Waals surface area contributed by atoms with Gasteiger partial charge >= 0.3 is 0 Å². The summed E-state index contributed by atoms with van der Waals surface area (Å²) in [5.74, 6) is 1.04. The summed E-state index contributed by atoms with van der Waals surface area (Å²) in [6.07, 6.45) is 5.51. The van der Waals surface area contributed by atoms with Gasteiger partial charge in [-0.25, -0.2) is 0 Å². The predicted molar refractivity (Wildman–Crippen MR) is 86.4 cm³/mol. The van der Waals surface area contributed by atoms with Crippen molar-refractivity contribution in [1.82, 2.24) is 5.32 Å². The van der Waals surface area contributed by atoms with Gasteiger partial charge in [0.1, 0.15) is 5.76 Å². The summed E-state index contributed by atoms with van der Waals surface area (Å²) in [7, 11) is 0. The van der Waals surface area contributed by atoms with Crippen LogP contribution in [0.5, 0.6) is 0 Å². The second kappa shape index (κ2) is 6.81. The lowest BCUT2D eigenvalue weighted by molar-refractivity contribution is 0.501. The van der Waals surface area contributed by atoms with Crippen LogP contribution in [0.3, 0.4) is 0 Å². The zero-order valence-corrected chi connectivity index (χ0v) is 12.7. The van der Waals surface area contributed by atoms with Gasteiger partial charge in [-0.3, -0.25) is 0 Å². The zero-order valence-electron chi connectivity index (χ0n) is 12.7. The van der Waals surface area contributed by atoms with Crippen LogP contribution in [0.1, 0.15) is 37.5 Å². The Kier molecular flexibility index (Phi) is 4.61. The molecule has 0 spiro atoms. The van der Waals surface area contributed by atoms with Crippen LogP contribution in [0.2, 0.25) is 0 Å². The van der Waals surface area contributed by atoms with Crippen molar-refractivity contribution in [3.8, 4) is 0 Å². The molecule has 1 aliphatic carbocycles. The maximum atomic E-state index is 5.50. The Hall–Kier alpha value is -1.74. The molecule has 1 N–H and O–H groups in total. The van der Waals surface area contributed by atoms with Crippen molar-refractivity contribution in [3.05, 3.63) is 54.0 Å². The number of benzene rings is 1. The minimum Gasteiger partial charge on any atom is -0.467 e. The Labute approximate surface area is 127 Å². The molecule has 1 aliphatic rings. The number of hydrogen-bond acceptors (Lipinski definition) is 3. The maximum Gasteiger partial charge on any atom is 0.123 e. The van der Waals surface area contributed by atoms with E-state index in [0.717, 1.165) is 25.4 Å². The van der Waals surface area contributed by atoms with Crippen molar-refractivity contribution < 1.29 is 4.42 Å². The first-order chi connectivity index (χ1) is 10.4. The molecule has 0 atom stereocenters. The van der Waals surface area contributed by atoms with Crippen molar-refractivity contribution in [2.24, 2.45) is 0 Å². The second-order valence-electron chi connectivity index (χ2n) is 5.78. The molecule has 1 fully saturated rings. The van der Waals surface area contributed by atoms with Gasteiger partial charge in [-0.2, -0.15) is 0 Å². The van der Waals surface area contributed by atoms with Crippen molar-refractivity contribution in [2.45, 2.75) is 45.3 Å². The number of furan rings is 1. The van der Waals surface area contributed by atoms with Gasteiger partial charge in [0.2, 0.25) is 0 Å². The van der Waals surface area contributed by atoms with Crippen LogP contribution in [0.25, 0.3) is 0 Å². The molecule has 0 amide bonds. The highest BCUT2D eigenvalue weighted by Crippen LogP contribution is 2.33. The number of nitrogens with one attached hydrogen (secondary N) is 1. The Balaban J connectivity index is 1.65. The normalized spacial score (nSPS) is 14.3. The monoisotopic (exact) mass is 284 g/mol. The van der Waals surface area contributed by atoms with Crippen molar-refractivity contribution in [3.63, 3.8) is 0 Å². The van der Waals surface area contributed by atoms with Crippen LogP contribution in [-0.4, -0.2) is 12.6 Å². The fourth-order valence-electron chi connectivity index (χ4n) is 2.60. The number of rotatable bonds is 8. The largest absolute Gasteiger partial charge is 0.467 e. The molecule has 0 radical (unpaired) electrons.